The van der Waals surface area contributed by atoms with Gasteiger partial charge in [-0.2, -0.15) is 11.8 Å². The second-order valence-electron chi connectivity index (χ2n) is 6.15. The lowest BCUT2D eigenvalue weighted by Gasteiger charge is -2.14. The number of rotatable bonds is 8. The van der Waals surface area contributed by atoms with Crippen molar-refractivity contribution in [1.29, 1.82) is 0 Å². The highest BCUT2D eigenvalue weighted by Crippen LogP contribution is 2.40. The first-order valence-electron chi connectivity index (χ1n) is 8.34. The van der Waals surface area contributed by atoms with E-state index in [2.05, 4.69) is 0 Å². The molecule has 1 N–H and O–H groups in total. The molecule has 26 heavy (non-hydrogen) atoms. The van der Waals surface area contributed by atoms with Gasteiger partial charge in [0.25, 0.3) is 0 Å². The van der Waals surface area contributed by atoms with Crippen molar-refractivity contribution in [2.75, 3.05) is 5.75 Å². The van der Waals surface area contributed by atoms with Crippen LogP contribution in [0.2, 0.25) is 0 Å². The van der Waals surface area contributed by atoms with Crippen molar-refractivity contribution in [2.45, 2.75) is 35.2 Å². The van der Waals surface area contributed by atoms with Crippen LogP contribution in [0.1, 0.15) is 18.9 Å². The van der Waals surface area contributed by atoms with Crippen LogP contribution in [0.5, 0.6) is 11.5 Å². The van der Waals surface area contributed by atoms with Crippen LogP contribution in [0.25, 0.3) is 0 Å². The Morgan fingerprint density at radius 1 is 1.15 bits per heavy atom. The van der Waals surface area contributed by atoms with Gasteiger partial charge in [-0.3, -0.25) is 4.79 Å². The van der Waals surface area contributed by atoms with Gasteiger partial charge in [0.1, 0.15) is 11.5 Å². The lowest BCUT2D eigenvalue weighted by atomic mass is 10.1. The average Bonchev–Trinajstić information content (AvgIpc) is 3.42. The smallest absolute Gasteiger partial charge is 0.307 e. The van der Waals surface area contributed by atoms with Crippen LogP contribution in [0.15, 0.2) is 53.4 Å². The van der Waals surface area contributed by atoms with Crippen LogP contribution in [0.4, 0.5) is 0 Å². The van der Waals surface area contributed by atoms with Crippen molar-refractivity contribution in [3.8, 4) is 11.5 Å². The largest absolute Gasteiger partial charge is 0.481 e. The molecule has 3 rings (SSSR count). The number of ether oxygens (including phenoxy) is 1. The van der Waals surface area contributed by atoms with E-state index in [9.17, 15) is 13.2 Å². The molecule has 0 aliphatic carbocycles. The van der Waals surface area contributed by atoms with Crippen LogP contribution < -0.4 is 4.74 Å². The Balaban J connectivity index is 1.70. The molecule has 1 heterocycles. The summed E-state index contributed by atoms with van der Waals surface area (Å²) in [5.74, 6) is 1.13. The van der Waals surface area contributed by atoms with Gasteiger partial charge in [0.2, 0.25) is 0 Å². The molecule has 138 valence electrons. The van der Waals surface area contributed by atoms with Crippen LogP contribution in [-0.4, -0.2) is 35.7 Å². The quantitative estimate of drug-likeness (QED) is 0.689. The SMILES string of the molecule is CCC(C1CS1)S(=O)(=O)c1ccc(Oc2ccc(CC(=O)O)cc2)cc1. The second-order valence-corrected chi connectivity index (χ2v) is 9.59. The summed E-state index contributed by atoms with van der Waals surface area (Å²) in [5, 5.41) is 8.66. The van der Waals surface area contributed by atoms with Crippen molar-refractivity contribution in [3.05, 3.63) is 54.1 Å². The van der Waals surface area contributed by atoms with Crippen molar-refractivity contribution in [2.24, 2.45) is 0 Å². The third-order valence-corrected chi connectivity index (χ3v) is 7.85. The minimum Gasteiger partial charge on any atom is -0.481 e. The number of aliphatic carboxylic acids is 1. The minimum absolute atomic E-state index is 0.0370. The number of sulfone groups is 1. The van der Waals surface area contributed by atoms with Crippen LogP contribution in [0.3, 0.4) is 0 Å². The monoisotopic (exact) mass is 392 g/mol. The molecule has 2 atom stereocenters. The number of benzene rings is 2. The highest BCUT2D eigenvalue weighted by atomic mass is 32.2. The summed E-state index contributed by atoms with van der Waals surface area (Å²) >= 11 is 1.69. The van der Waals surface area contributed by atoms with Gasteiger partial charge in [0.15, 0.2) is 9.84 Å². The highest BCUT2D eigenvalue weighted by molar-refractivity contribution is 8.08. The number of thioether (sulfide) groups is 1. The molecule has 7 heteroatoms. The molecule has 0 radical (unpaired) electrons. The fraction of sp³-hybridized carbons (Fsp3) is 0.316. The van der Waals surface area contributed by atoms with Crippen molar-refractivity contribution >= 4 is 27.6 Å². The Morgan fingerprint density at radius 3 is 2.15 bits per heavy atom. The topological polar surface area (TPSA) is 80.7 Å². The Bertz CT molecular complexity index is 869. The highest BCUT2D eigenvalue weighted by Gasteiger charge is 2.40. The molecule has 0 saturated carbocycles. The molecule has 1 aliphatic rings. The van der Waals surface area contributed by atoms with E-state index < -0.39 is 15.8 Å². The zero-order valence-electron chi connectivity index (χ0n) is 14.3. The van der Waals surface area contributed by atoms with Gasteiger partial charge in [0.05, 0.1) is 16.6 Å². The molecule has 1 aliphatic heterocycles. The van der Waals surface area contributed by atoms with E-state index in [4.69, 9.17) is 9.84 Å². The lowest BCUT2D eigenvalue weighted by molar-refractivity contribution is -0.136. The molecule has 2 aromatic rings. The molecule has 0 bridgehead atoms. The Hall–Kier alpha value is -1.99. The van der Waals surface area contributed by atoms with E-state index in [1.54, 1.807) is 60.3 Å². The summed E-state index contributed by atoms with van der Waals surface area (Å²) < 4.78 is 31.2. The summed E-state index contributed by atoms with van der Waals surface area (Å²) in [5.41, 5.74) is 0.690. The van der Waals surface area contributed by atoms with Crippen molar-refractivity contribution in [1.82, 2.24) is 0 Å². The summed E-state index contributed by atoms with van der Waals surface area (Å²) in [6, 6.07) is 13.2. The fourth-order valence-electron chi connectivity index (χ4n) is 2.81. The van der Waals surface area contributed by atoms with E-state index in [1.807, 2.05) is 6.92 Å². The van der Waals surface area contributed by atoms with E-state index >= 15 is 0 Å². The average molecular weight is 392 g/mol. The molecular formula is C19H20O5S2. The molecule has 1 fully saturated rings. The number of hydrogen-bond donors (Lipinski definition) is 1. The van der Waals surface area contributed by atoms with E-state index in [1.165, 1.54) is 0 Å². The first-order valence-corrected chi connectivity index (χ1v) is 10.9. The first-order chi connectivity index (χ1) is 12.4. The molecular weight excluding hydrogens is 372 g/mol. The molecule has 0 amide bonds. The number of hydrogen-bond acceptors (Lipinski definition) is 5. The van der Waals surface area contributed by atoms with E-state index in [-0.39, 0.29) is 16.9 Å². The maximum atomic E-state index is 12.7. The first kappa shape index (κ1) is 18.8. The van der Waals surface area contributed by atoms with E-state index in [0.29, 0.717) is 28.4 Å². The molecule has 2 aromatic carbocycles. The van der Waals surface area contributed by atoms with Gasteiger partial charge in [0, 0.05) is 11.0 Å². The maximum Gasteiger partial charge on any atom is 0.307 e. The molecule has 1 saturated heterocycles. The standard InChI is InChI=1S/C19H20O5S2/c1-2-18(17-12-25-17)26(22,23)16-9-7-15(8-10-16)24-14-5-3-13(4-6-14)11-19(20)21/h3-10,17-18H,2,11-12H2,1H3,(H,20,21). The summed E-state index contributed by atoms with van der Waals surface area (Å²) in [6.07, 6.45) is 0.575. The third kappa shape index (κ3) is 4.40. The summed E-state index contributed by atoms with van der Waals surface area (Å²) in [6.45, 7) is 1.91. The van der Waals surface area contributed by atoms with Gasteiger partial charge in [-0.1, -0.05) is 19.1 Å². The zero-order chi connectivity index (χ0) is 18.7. The Morgan fingerprint density at radius 2 is 1.69 bits per heavy atom. The lowest BCUT2D eigenvalue weighted by Crippen LogP contribution is -2.25. The van der Waals surface area contributed by atoms with Crippen molar-refractivity contribution in [3.63, 3.8) is 0 Å². The third-order valence-electron chi connectivity index (χ3n) is 4.24. The number of carboxylic acids is 1. The molecule has 0 aromatic heterocycles. The van der Waals surface area contributed by atoms with Gasteiger partial charge >= 0.3 is 5.97 Å². The molecule has 2 unspecified atom stereocenters. The normalized spacial score (nSPS) is 17.5. The number of carboxylic acid groups (broad SMARTS) is 1. The fourth-order valence-corrected chi connectivity index (χ4v) is 6.16. The maximum absolute atomic E-state index is 12.7. The second kappa shape index (κ2) is 7.72. The van der Waals surface area contributed by atoms with Gasteiger partial charge in [-0.15, -0.1) is 0 Å². The summed E-state index contributed by atoms with van der Waals surface area (Å²) in [7, 11) is -3.33. The van der Waals surface area contributed by atoms with Crippen LogP contribution in [-0.2, 0) is 21.1 Å². The predicted molar refractivity (Wildman–Crippen MR) is 102 cm³/mol. The van der Waals surface area contributed by atoms with Gasteiger partial charge in [-0.25, -0.2) is 8.42 Å². The summed E-state index contributed by atoms with van der Waals surface area (Å²) in [4.78, 5) is 11.0. The molecule has 0 spiro atoms. The Kier molecular flexibility index (Phi) is 5.58. The van der Waals surface area contributed by atoms with E-state index in [0.717, 1.165) is 5.75 Å². The minimum atomic E-state index is -3.33. The van der Waals surface area contributed by atoms with Gasteiger partial charge < -0.3 is 9.84 Å². The van der Waals surface area contributed by atoms with Gasteiger partial charge in [-0.05, 0) is 48.4 Å². The van der Waals surface area contributed by atoms with Crippen LogP contribution in [0, 0.1) is 0 Å². The molecule has 5 nitrogen and oxygen atoms in total. The Labute approximate surface area is 157 Å². The van der Waals surface area contributed by atoms with Crippen LogP contribution >= 0.6 is 11.8 Å². The van der Waals surface area contributed by atoms with Crippen molar-refractivity contribution < 1.29 is 23.1 Å². The zero-order valence-corrected chi connectivity index (χ0v) is 15.9. The predicted octanol–water partition coefficient (Wildman–Crippen LogP) is 3.77. The number of carbonyl (C=O) groups is 1.